The van der Waals surface area contributed by atoms with Crippen LogP contribution in [0.2, 0.25) is 0 Å². The molecule has 3 aromatic rings. The summed E-state index contributed by atoms with van der Waals surface area (Å²) in [6.07, 6.45) is 0. The van der Waals surface area contributed by atoms with Crippen molar-refractivity contribution in [3.05, 3.63) is 79.9 Å². The topological polar surface area (TPSA) is 99.0 Å². The third kappa shape index (κ3) is 3.60. The van der Waals surface area contributed by atoms with Crippen molar-refractivity contribution in [1.82, 2.24) is 20.2 Å². The van der Waals surface area contributed by atoms with Gasteiger partial charge in [-0.3, -0.25) is 4.79 Å². The molecule has 0 unspecified atom stereocenters. The lowest BCUT2D eigenvalue weighted by Gasteiger charge is -2.28. The minimum absolute atomic E-state index is 0.00985. The van der Waals surface area contributed by atoms with Gasteiger partial charge in [-0.25, -0.2) is 4.79 Å². The van der Waals surface area contributed by atoms with E-state index in [1.54, 1.807) is 24.3 Å². The van der Waals surface area contributed by atoms with Gasteiger partial charge in [-0.1, -0.05) is 49.1 Å². The number of Topliss-reactive ketones (excluding diaryl/α,β-unsaturated/α-hetero) is 1. The van der Waals surface area contributed by atoms with Gasteiger partial charge >= 0.3 is 5.97 Å². The minimum Gasteiger partial charge on any atom is -0.464 e. The van der Waals surface area contributed by atoms with E-state index in [0.29, 0.717) is 5.56 Å². The maximum atomic E-state index is 13.5. The van der Waals surface area contributed by atoms with Crippen LogP contribution in [-0.2, 0) is 9.53 Å². The van der Waals surface area contributed by atoms with Crippen molar-refractivity contribution in [2.45, 2.75) is 6.04 Å². The van der Waals surface area contributed by atoms with E-state index in [-0.39, 0.29) is 23.0 Å². The van der Waals surface area contributed by atoms with Crippen molar-refractivity contribution in [3.8, 4) is 0 Å². The van der Waals surface area contributed by atoms with Gasteiger partial charge in [0.25, 0.3) is 0 Å². The second-order valence-corrected chi connectivity index (χ2v) is 7.97. The number of hydrogen-bond acceptors (Lipinski definition) is 7. The number of ketones is 1. The van der Waals surface area contributed by atoms with E-state index >= 15 is 0 Å². The van der Waals surface area contributed by atoms with Gasteiger partial charge < -0.3 is 10.1 Å². The molecule has 0 radical (unpaired) electrons. The molecule has 29 heavy (non-hydrogen) atoms. The largest absolute Gasteiger partial charge is 0.464 e. The summed E-state index contributed by atoms with van der Waals surface area (Å²) in [5.41, 5.74) is 1.37. The van der Waals surface area contributed by atoms with Crippen molar-refractivity contribution in [3.63, 3.8) is 0 Å². The van der Waals surface area contributed by atoms with Gasteiger partial charge in [0.2, 0.25) is 5.95 Å². The highest BCUT2D eigenvalue weighted by atomic mass is 79.9. The molecule has 2 heterocycles. The highest BCUT2D eigenvalue weighted by Gasteiger charge is 2.38. The maximum absolute atomic E-state index is 13.5. The van der Waals surface area contributed by atoms with Crippen molar-refractivity contribution in [2.75, 3.05) is 12.4 Å². The molecule has 0 aliphatic carbocycles. The second kappa shape index (κ2) is 7.88. The van der Waals surface area contributed by atoms with E-state index < -0.39 is 12.0 Å². The standard InChI is InChI=1S/C19H13Br2N5O3/c1-29-18(28)15-14(17(27)11-4-8-13(21)9-5-11)16(10-2-6-12(20)7-3-10)26-19(22-15)23-24-25-26/h2-9,16H,1H3,(H,22,23,25)/t16-/m0/s1. The van der Waals surface area contributed by atoms with Crippen LogP contribution in [-0.4, -0.2) is 39.1 Å². The van der Waals surface area contributed by atoms with Crippen LogP contribution in [0, 0.1) is 0 Å². The zero-order valence-corrected chi connectivity index (χ0v) is 18.1. The Morgan fingerprint density at radius 3 is 2.28 bits per heavy atom. The smallest absolute Gasteiger partial charge is 0.355 e. The second-order valence-electron chi connectivity index (χ2n) is 6.14. The van der Waals surface area contributed by atoms with Gasteiger partial charge in [0.05, 0.1) is 12.7 Å². The summed E-state index contributed by atoms with van der Waals surface area (Å²) in [5, 5.41) is 14.5. The van der Waals surface area contributed by atoms with Crippen LogP contribution in [0.15, 0.2) is 68.7 Å². The summed E-state index contributed by atoms with van der Waals surface area (Å²) in [5.74, 6) is -0.771. The van der Waals surface area contributed by atoms with Gasteiger partial charge in [-0.05, 0) is 52.4 Å². The number of benzene rings is 2. The van der Waals surface area contributed by atoms with Crippen LogP contribution >= 0.6 is 31.9 Å². The number of tetrazole rings is 1. The molecule has 1 aliphatic rings. The Kier molecular flexibility index (Phi) is 5.29. The highest BCUT2D eigenvalue weighted by molar-refractivity contribution is 9.10. The first-order valence-electron chi connectivity index (χ1n) is 8.42. The van der Waals surface area contributed by atoms with E-state index in [1.165, 1.54) is 11.8 Å². The summed E-state index contributed by atoms with van der Waals surface area (Å²) in [6.45, 7) is 0. The van der Waals surface area contributed by atoms with Crippen molar-refractivity contribution in [2.24, 2.45) is 0 Å². The summed E-state index contributed by atoms with van der Waals surface area (Å²) in [6, 6.07) is 13.6. The Morgan fingerprint density at radius 2 is 1.66 bits per heavy atom. The van der Waals surface area contributed by atoms with Crippen LogP contribution < -0.4 is 5.32 Å². The molecule has 0 saturated carbocycles. The number of carbonyl (C=O) groups is 2. The Bertz CT molecular complexity index is 1120. The van der Waals surface area contributed by atoms with Gasteiger partial charge in [0, 0.05) is 14.5 Å². The zero-order chi connectivity index (χ0) is 20.5. The fourth-order valence-corrected chi connectivity index (χ4v) is 3.63. The molecule has 8 nitrogen and oxygen atoms in total. The molecule has 4 rings (SSSR count). The minimum atomic E-state index is -0.709. The number of allylic oxidation sites excluding steroid dienone is 1. The molecule has 1 N–H and O–H groups in total. The molecule has 2 aromatic carbocycles. The molecule has 0 amide bonds. The Morgan fingerprint density at radius 1 is 1.03 bits per heavy atom. The fourth-order valence-electron chi connectivity index (χ4n) is 3.10. The first-order chi connectivity index (χ1) is 14.0. The molecule has 10 heteroatoms. The molecule has 146 valence electrons. The first kappa shape index (κ1) is 19.5. The number of nitrogens with one attached hydrogen (secondary N) is 1. The number of fused-ring (bicyclic) bond motifs is 1. The molecule has 0 saturated heterocycles. The molecule has 0 bridgehead atoms. The fraction of sp³-hybridized carbons (Fsp3) is 0.105. The van der Waals surface area contributed by atoms with Crippen LogP contribution in [0.25, 0.3) is 0 Å². The molecule has 1 aromatic heterocycles. The van der Waals surface area contributed by atoms with Gasteiger partial charge in [0.15, 0.2) is 5.78 Å². The lowest BCUT2D eigenvalue weighted by Crippen LogP contribution is -2.32. The molecule has 1 aliphatic heterocycles. The number of nitrogens with zero attached hydrogens (tertiary/aromatic N) is 4. The molecule has 0 spiro atoms. The number of carbonyl (C=O) groups excluding carboxylic acids is 2. The van der Waals surface area contributed by atoms with E-state index in [9.17, 15) is 9.59 Å². The molecule has 0 fully saturated rings. The van der Waals surface area contributed by atoms with Crippen LogP contribution in [0.4, 0.5) is 5.95 Å². The number of methoxy groups -OCH3 is 1. The average molecular weight is 519 g/mol. The van der Waals surface area contributed by atoms with E-state index in [2.05, 4.69) is 52.7 Å². The SMILES string of the molecule is COC(=O)C1=C(C(=O)c2ccc(Br)cc2)[C@H](c2ccc(Br)cc2)n2nnnc2N1. The Hall–Kier alpha value is -2.85. The zero-order valence-electron chi connectivity index (χ0n) is 15.0. The Labute approximate surface area is 182 Å². The summed E-state index contributed by atoms with van der Waals surface area (Å²) >= 11 is 6.77. The summed E-state index contributed by atoms with van der Waals surface area (Å²) in [4.78, 5) is 26.1. The third-order valence-corrected chi connectivity index (χ3v) is 5.50. The van der Waals surface area contributed by atoms with Crippen LogP contribution in [0.3, 0.4) is 0 Å². The number of halogens is 2. The Balaban J connectivity index is 1.94. The number of esters is 1. The van der Waals surface area contributed by atoms with Gasteiger partial charge in [0.1, 0.15) is 11.7 Å². The quantitative estimate of drug-likeness (QED) is 0.416. The molecule has 1 atom stereocenters. The normalized spacial score (nSPS) is 15.5. The van der Waals surface area contributed by atoms with Crippen LogP contribution in [0.1, 0.15) is 22.0 Å². The monoisotopic (exact) mass is 517 g/mol. The predicted molar refractivity (Wildman–Crippen MR) is 111 cm³/mol. The maximum Gasteiger partial charge on any atom is 0.355 e. The van der Waals surface area contributed by atoms with E-state index in [4.69, 9.17) is 4.74 Å². The van der Waals surface area contributed by atoms with E-state index in [1.807, 2.05) is 24.3 Å². The number of anilines is 1. The lowest BCUT2D eigenvalue weighted by atomic mass is 9.89. The van der Waals surface area contributed by atoms with Gasteiger partial charge in [-0.2, -0.15) is 4.68 Å². The summed E-state index contributed by atoms with van der Waals surface area (Å²) < 4.78 is 8.11. The predicted octanol–water partition coefficient (Wildman–Crippen LogP) is 3.52. The number of rotatable bonds is 4. The van der Waals surface area contributed by atoms with Gasteiger partial charge in [-0.15, -0.1) is 0 Å². The van der Waals surface area contributed by atoms with E-state index in [0.717, 1.165) is 14.5 Å². The number of hydrogen-bond donors (Lipinski definition) is 1. The molecular weight excluding hydrogens is 506 g/mol. The highest BCUT2D eigenvalue weighted by Crippen LogP contribution is 2.37. The van der Waals surface area contributed by atoms with Crippen LogP contribution in [0.5, 0.6) is 0 Å². The number of aromatic nitrogens is 4. The number of ether oxygens (including phenoxy) is 1. The van der Waals surface area contributed by atoms with Crippen molar-refractivity contribution in [1.29, 1.82) is 0 Å². The molecular formula is C19H13Br2N5O3. The van der Waals surface area contributed by atoms with Crippen molar-refractivity contribution >= 4 is 49.6 Å². The third-order valence-electron chi connectivity index (χ3n) is 4.44. The summed E-state index contributed by atoms with van der Waals surface area (Å²) in [7, 11) is 1.25. The average Bonchev–Trinajstić information content (AvgIpc) is 3.21. The first-order valence-corrected chi connectivity index (χ1v) is 10.0. The lowest BCUT2D eigenvalue weighted by molar-refractivity contribution is -0.136. The van der Waals surface area contributed by atoms with Crippen molar-refractivity contribution < 1.29 is 14.3 Å².